The number of benzene rings is 1. The number of nitrogens with zero attached hydrogens (tertiary/aromatic N) is 2. The highest BCUT2D eigenvalue weighted by molar-refractivity contribution is 6.01. The Morgan fingerprint density at radius 1 is 0.707 bits per heavy atom. The molecule has 224 valence electrons. The van der Waals surface area contributed by atoms with Crippen molar-refractivity contribution in [2.75, 3.05) is 19.7 Å². The number of hydrogen-bond acceptors (Lipinski definition) is 10. The highest BCUT2D eigenvalue weighted by Crippen LogP contribution is 2.23. The fourth-order valence-electron chi connectivity index (χ4n) is 4.43. The van der Waals surface area contributed by atoms with Crippen LogP contribution in [0.3, 0.4) is 0 Å². The monoisotopic (exact) mass is 574 g/mol. The minimum Gasteiger partial charge on any atom is -0.456 e. The Hall–Kier alpha value is -3.96. The van der Waals surface area contributed by atoms with Gasteiger partial charge in [0, 0.05) is 18.7 Å². The quantitative estimate of drug-likeness (QED) is 0.212. The number of likely N-dealkylation sites (tertiary alicyclic amines) is 2. The van der Waals surface area contributed by atoms with Crippen LogP contribution in [0.1, 0.15) is 87.9 Å². The molecule has 1 aromatic carbocycles. The Balaban J connectivity index is 1.52. The number of Topliss-reactive ketones (excluding diaryl/α,β-unsaturated/α-hetero) is 1. The van der Waals surface area contributed by atoms with Crippen LogP contribution in [0.25, 0.3) is 0 Å². The first kappa shape index (κ1) is 31.6. The molecule has 2 amide bonds. The zero-order valence-corrected chi connectivity index (χ0v) is 24.4. The van der Waals surface area contributed by atoms with Gasteiger partial charge in [0.15, 0.2) is 12.4 Å². The molecule has 0 aromatic heterocycles. The molecule has 1 unspecified atom stereocenters. The van der Waals surface area contributed by atoms with Gasteiger partial charge < -0.3 is 18.9 Å². The van der Waals surface area contributed by atoms with Crippen molar-refractivity contribution in [2.45, 2.75) is 90.5 Å². The Labute approximate surface area is 239 Å². The summed E-state index contributed by atoms with van der Waals surface area (Å²) in [5.41, 5.74) is -1.26. The van der Waals surface area contributed by atoms with E-state index in [-0.39, 0.29) is 11.1 Å². The van der Waals surface area contributed by atoms with Gasteiger partial charge in [0.25, 0.3) is 0 Å². The first-order chi connectivity index (χ1) is 19.1. The molecule has 0 N–H and O–H groups in total. The summed E-state index contributed by atoms with van der Waals surface area (Å²) in [6, 6.07) is 3.55. The highest BCUT2D eigenvalue weighted by atomic mass is 16.6. The van der Waals surface area contributed by atoms with Crippen molar-refractivity contribution in [1.82, 2.24) is 9.80 Å². The van der Waals surface area contributed by atoms with Crippen LogP contribution in [0, 0.1) is 0 Å². The van der Waals surface area contributed by atoms with E-state index < -0.39 is 65.8 Å². The molecule has 41 heavy (non-hydrogen) atoms. The number of amides is 2. The van der Waals surface area contributed by atoms with Crippen molar-refractivity contribution in [3.05, 3.63) is 35.4 Å². The zero-order valence-electron chi connectivity index (χ0n) is 24.4. The number of ether oxygens (including phenoxy) is 4. The van der Waals surface area contributed by atoms with Crippen LogP contribution in [0.15, 0.2) is 24.3 Å². The Kier molecular flexibility index (Phi) is 9.77. The molecule has 2 aliphatic heterocycles. The van der Waals surface area contributed by atoms with Gasteiger partial charge in [0.1, 0.15) is 23.3 Å². The number of carbonyl (C=O) groups is 6. The predicted molar refractivity (Wildman–Crippen MR) is 144 cm³/mol. The zero-order chi connectivity index (χ0) is 30.5. The lowest BCUT2D eigenvalue weighted by molar-refractivity contribution is -0.147. The smallest absolute Gasteiger partial charge is 0.411 e. The second-order valence-corrected chi connectivity index (χ2v) is 12.0. The van der Waals surface area contributed by atoms with Gasteiger partial charge >= 0.3 is 30.1 Å². The van der Waals surface area contributed by atoms with Gasteiger partial charge in [0.2, 0.25) is 0 Å². The summed E-state index contributed by atoms with van der Waals surface area (Å²) in [6.45, 7) is 10.4. The van der Waals surface area contributed by atoms with Gasteiger partial charge in [-0.2, -0.15) is 0 Å². The van der Waals surface area contributed by atoms with E-state index in [0.29, 0.717) is 38.8 Å². The maximum Gasteiger partial charge on any atom is 0.411 e. The average Bonchev–Trinajstić information content (AvgIpc) is 3.55. The Morgan fingerprint density at radius 2 is 1.15 bits per heavy atom. The van der Waals surface area contributed by atoms with Crippen LogP contribution in [0.2, 0.25) is 0 Å². The maximum atomic E-state index is 12.6. The van der Waals surface area contributed by atoms with Crippen LogP contribution < -0.4 is 0 Å². The van der Waals surface area contributed by atoms with Gasteiger partial charge in [0.05, 0.1) is 5.56 Å². The first-order valence-electron chi connectivity index (χ1n) is 13.6. The molecule has 1 aromatic rings. The average molecular weight is 575 g/mol. The molecule has 0 radical (unpaired) electrons. The van der Waals surface area contributed by atoms with Crippen molar-refractivity contribution in [1.29, 1.82) is 0 Å². The number of esters is 3. The standard InChI is InChI=1S/C29H38N2O10/c1-28(2,3)40-26(36)30-15-7-9-20(30)24(34)38-17-22(32)18-11-13-19(14-12-18)23(33)39-25(35)21-10-8-16-31(21)27(37)41-29(4,5)6/h11-14,20-21H,7-10,15-17H2,1-6H3/t20?,21-/m0/s1. The van der Waals surface area contributed by atoms with Crippen LogP contribution in [0.5, 0.6) is 0 Å². The van der Waals surface area contributed by atoms with Crippen molar-refractivity contribution < 1.29 is 47.7 Å². The van der Waals surface area contributed by atoms with Crippen LogP contribution >= 0.6 is 0 Å². The molecule has 12 heteroatoms. The van der Waals surface area contributed by atoms with Gasteiger partial charge in [-0.25, -0.2) is 24.0 Å². The molecular formula is C29H38N2O10. The summed E-state index contributed by atoms with van der Waals surface area (Å²) in [5.74, 6) is -3.01. The molecule has 2 saturated heterocycles. The first-order valence-corrected chi connectivity index (χ1v) is 13.6. The third kappa shape index (κ3) is 8.76. The molecule has 0 spiro atoms. The van der Waals surface area contributed by atoms with E-state index in [0.717, 1.165) is 0 Å². The topological polar surface area (TPSA) is 146 Å². The fraction of sp³-hybridized carbons (Fsp3) is 0.586. The van der Waals surface area contributed by atoms with Crippen molar-refractivity contribution in [2.24, 2.45) is 0 Å². The minimum atomic E-state index is -0.935. The van der Waals surface area contributed by atoms with Gasteiger partial charge in [-0.15, -0.1) is 0 Å². The highest BCUT2D eigenvalue weighted by Gasteiger charge is 2.39. The molecule has 2 fully saturated rings. The number of rotatable bonds is 6. The summed E-state index contributed by atoms with van der Waals surface area (Å²) < 4.78 is 20.9. The second kappa shape index (κ2) is 12.7. The number of hydrogen-bond donors (Lipinski definition) is 0. The fourth-order valence-corrected chi connectivity index (χ4v) is 4.43. The number of carbonyl (C=O) groups excluding carboxylic acids is 6. The lowest BCUT2D eigenvalue weighted by Crippen LogP contribution is -2.44. The molecule has 0 bridgehead atoms. The molecule has 2 atom stereocenters. The third-order valence-electron chi connectivity index (χ3n) is 6.29. The van der Waals surface area contributed by atoms with E-state index in [1.165, 1.54) is 34.1 Å². The Morgan fingerprint density at radius 3 is 1.61 bits per heavy atom. The molecule has 0 saturated carbocycles. The predicted octanol–water partition coefficient (Wildman–Crippen LogP) is 3.89. The molecule has 3 rings (SSSR count). The minimum absolute atomic E-state index is 0.0210. The maximum absolute atomic E-state index is 12.6. The molecule has 0 aliphatic carbocycles. The molecule has 12 nitrogen and oxygen atoms in total. The van der Waals surface area contributed by atoms with E-state index in [4.69, 9.17) is 18.9 Å². The summed E-state index contributed by atoms with van der Waals surface area (Å²) >= 11 is 0. The van der Waals surface area contributed by atoms with E-state index in [1.807, 2.05) is 0 Å². The van der Waals surface area contributed by atoms with Crippen molar-refractivity contribution in [3.63, 3.8) is 0 Å². The third-order valence-corrected chi connectivity index (χ3v) is 6.29. The largest absolute Gasteiger partial charge is 0.456 e. The van der Waals surface area contributed by atoms with Gasteiger partial charge in [-0.05, 0) is 79.4 Å². The SMILES string of the molecule is CC(C)(C)OC(=O)N1CCCC1C(=O)OCC(=O)c1ccc(C(=O)OC(=O)[C@@H]2CCCN2C(=O)OC(C)(C)C)cc1. The lowest BCUT2D eigenvalue weighted by atomic mass is 10.1. The van der Waals surface area contributed by atoms with Gasteiger partial charge in [-0.1, -0.05) is 12.1 Å². The van der Waals surface area contributed by atoms with E-state index in [9.17, 15) is 28.8 Å². The summed E-state index contributed by atoms with van der Waals surface area (Å²) in [4.78, 5) is 77.8. The summed E-state index contributed by atoms with van der Waals surface area (Å²) in [6.07, 6.45) is 0.640. The van der Waals surface area contributed by atoms with E-state index in [2.05, 4.69) is 0 Å². The number of ketones is 1. The van der Waals surface area contributed by atoms with Crippen LogP contribution in [0.4, 0.5) is 9.59 Å². The van der Waals surface area contributed by atoms with Crippen LogP contribution in [-0.4, -0.2) is 88.7 Å². The van der Waals surface area contributed by atoms with E-state index in [1.54, 1.807) is 41.5 Å². The second-order valence-electron chi connectivity index (χ2n) is 12.0. The lowest BCUT2D eigenvalue weighted by Gasteiger charge is -2.27. The Bertz CT molecular complexity index is 1180. The molecule has 2 aliphatic rings. The summed E-state index contributed by atoms with van der Waals surface area (Å²) in [7, 11) is 0. The van der Waals surface area contributed by atoms with Crippen molar-refractivity contribution >= 4 is 35.9 Å². The van der Waals surface area contributed by atoms with Crippen LogP contribution in [-0.2, 0) is 28.5 Å². The summed E-state index contributed by atoms with van der Waals surface area (Å²) in [5, 5.41) is 0. The molecule has 2 heterocycles. The van der Waals surface area contributed by atoms with E-state index >= 15 is 0 Å². The van der Waals surface area contributed by atoms with Crippen molar-refractivity contribution in [3.8, 4) is 0 Å². The van der Waals surface area contributed by atoms with Gasteiger partial charge in [-0.3, -0.25) is 14.6 Å². The molecular weight excluding hydrogens is 536 g/mol. The normalized spacial score (nSPS) is 19.0.